The van der Waals surface area contributed by atoms with Crippen molar-refractivity contribution in [2.45, 2.75) is 0 Å². The van der Waals surface area contributed by atoms with Gasteiger partial charge in [0.1, 0.15) is 16.6 Å². The smallest absolute Gasteiger partial charge is 0.261 e. The van der Waals surface area contributed by atoms with E-state index in [9.17, 15) is 9.18 Å². The first-order valence-electron chi connectivity index (χ1n) is 8.44. The Morgan fingerprint density at radius 2 is 1.83 bits per heavy atom. The van der Waals surface area contributed by atoms with E-state index in [4.69, 9.17) is 23.2 Å². The highest BCUT2D eigenvalue weighted by molar-refractivity contribution is 7.13. The van der Waals surface area contributed by atoms with Crippen LogP contribution in [-0.4, -0.2) is 15.9 Å². The Labute approximate surface area is 180 Å². The molecule has 0 saturated carbocycles. The highest BCUT2D eigenvalue weighted by Gasteiger charge is 2.16. The molecule has 8 heteroatoms. The summed E-state index contributed by atoms with van der Waals surface area (Å²) in [4.78, 5) is 20.9. The van der Waals surface area contributed by atoms with E-state index >= 15 is 0 Å². The van der Waals surface area contributed by atoms with E-state index in [0.29, 0.717) is 5.02 Å². The average molecular weight is 444 g/mol. The number of hydrogen-bond acceptors (Lipinski definition) is 4. The maximum absolute atomic E-state index is 13.9. The molecule has 0 atom stereocenters. The van der Waals surface area contributed by atoms with Crippen molar-refractivity contribution in [1.29, 1.82) is 0 Å². The molecule has 0 spiro atoms. The number of rotatable bonds is 4. The van der Waals surface area contributed by atoms with Gasteiger partial charge in [-0.1, -0.05) is 35.3 Å². The number of carbonyl (C=O) groups is 1. The molecule has 0 fully saturated rings. The molecule has 4 rings (SSSR count). The molecule has 2 aromatic heterocycles. The molecule has 2 aromatic carbocycles. The molecular weight excluding hydrogens is 432 g/mol. The Balaban J connectivity index is 1.59. The number of aromatic nitrogens is 2. The second kappa shape index (κ2) is 8.29. The molecule has 4 nitrogen and oxygen atoms in total. The van der Waals surface area contributed by atoms with Crippen LogP contribution in [0.2, 0.25) is 10.0 Å². The van der Waals surface area contributed by atoms with Crippen LogP contribution < -0.4 is 5.32 Å². The maximum Gasteiger partial charge on any atom is 0.261 e. The molecule has 0 aliphatic carbocycles. The van der Waals surface area contributed by atoms with Gasteiger partial charge in [-0.05, 0) is 36.4 Å². The van der Waals surface area contributed by atoms with Gasteiger partial charge in [-0.25, -0.2) is 14.4 Å². The van der Waals surface area contributed by atoms with Crippen molar-refractivity contribution in [3.05, 3.63) is 87.7 Å². The number of nitrogens with one attached hydrogen (secondary N) is 1. The van der Waals surface area contributed by atoms with E-state index in [1.165, 1.54) is 29.5 Å². The Morgan fingerprint density at radius 1 is 1.00 bits per heavy atom. The number of amides is 1. The Hall–Kier alpha value is -2.80. The summed E-state index contributed by atoms with van der Waals surface area (Å²) in [6.07, 6.45) is 3.33. The molecule has 29 heavy (non-hydrogen) atoms. The largest absolute Gasteiger partial charge is 0.306 e. The average Bonchev–Trinajstić information content (AvgIpc) is 3.24. The number of thiazole rings is 1. The van der Waals surface area contributed by atoms with E-state index in [0.717, 1.165) is 21.7 Å². The molecular formula is C21H12Cl2FN3OS. The third-order valence-corrected chi connectivity index (χ3v) is 5.62. The van der Waals surface area contributed by atoms with Crippen LogP contribution in [0, 0.1) is 5.82 Å². The quantitative estimate of drug-likeness (QED) is 0.387. The van der Waals surface area contributed by atoms with Crippen molar-refractivity contribution in [2.75, 3.05) is 5.32 Å². The first kappa shape index (κ1) is 19.5. The van der Waals surface area contributed by atoms with Crippen molar-refractivity contribution >= 4 is 46.3 Å². The lowest BCUT2D eigenvalue weighted by Crippen LogP contribution is -2.15. The monoisotopic (exact) mass is 443 g/mol. The number of benzene rings is 2. The van der Waals surface area contributed by atoms with Crippen molar-refractivity contribution in [3.8, 4) is 21.7 Å². The van der Waals surface area contributed by atoms with Crippen LogP contribution in [-0.2, 0) is 0 Å². The van der Waals surface area contributed by atoms with Crippen LogP contribution in [0.1, 0.15) is 10.4 Å². The van der Waals surface area contributed by atoms with Crippen molar-refractivity contribution in [1.82, 2.24) is 9.97 Å². The van der Waals surface area contributed by atoms with Crippen LogP contribution in [0.15, 0.2) is 66.3 Å². The lowest BCUT2D eigenvalue weighted by atomic mass is 10.0. The molecule has 0 radical (unpaired) electrons. The summed E-state index contributed by atoms with van der Waals surface area (Å²) in [5.41, 5.74) is 2.29. The van der Waals surface area contributed by atoms with Crippen LogP contribution >= 0.6 is 34.5 Å². The number of carbonyl (C=O) groups excluding carboxylic acids is 1. The van der Waals surface area contributed by atoms with Gasteiger partial charge in [0.05, 0.1) is 10.6 Å². The summed E-state index contributed by atoms with van der Waals surface area (Å²) in [5.74, 6) is -1.10. The predicted molar refractivity (Wildman–Crippen MR) is 115 cm³/mol. The molecule has 0 aliphatic heterocycles. The highest BCUT2D eigenvalue weighted by atomic mass is 35.5. The molecule has 1 N–H and O–H groups in total. The van der Waals surface area contributed by atoms with Gasteiger partial charge in [0, 0.05) is 39.5 Å². The minimum atomic E-state index is -0.697. The zero-order valence-electron chi connectivity index (χ0n) is 14.7. The fourth-order valence-corrected chi connectivity index (χ4v) is 3.88. The fraction of sp³-hybridized carbons (Fsp3) is 0. The second-order valence-corrected chi connectivity index (χ2v) is 7.72. The summed E-state index contributed by atoms with van der Waals surface area (Å²) in [7, 11) is 0. The first-order valence-corrected chi connectivity index (χ1v) is 10.1. The number of halogens is 3. The maximum atomic E-state index is 13.9. The predicted octanol–water partition coefficient (Wildman–Crippen LogP) is 6.57. The summed E-state index contributed by atoms with van der Waals surface area (Å²) in [6, 6.07) is 13.1. The summed E-state index contributed by atoms with van der Waals surface area (Å²) in [6.45, 7) is 0. The minimum absolute atomic E-state index is 0.0323. The van der Waals surface area contributed by atoms with Gasteiger partial charge in [0.2, 0.25) is 0 Å². The summed E-state index contributed by atoms with van der Waals surface area (Å²) in [5, 5.41) is 5.95. The zero-order chi connectivity index (χ0) is 20.4. The fourth-order valence-electron chi connectivity index (χ4n) is 2.77. The van der Waals surface area contributed by atoms with E-state index in [2.05, 4.69) is 15.3 Å². The molecule has 4 aromatic rings. The number of pyridine rings is 1. The third kappa shape index (κ3) is 4.15. The van der Waals surface area contributed by atoms with E-state index in [1.807, 2.05) is 23.6 Å². The van der Waals surface area contributed by atoms with Gasteiger partial charge in [0.25, 0.3) is 5.91 Å². The van der Waals surface area contributed by atoms with Gasteiger partial charge < -0.3 is 5.32 Å². The van der Waals surface area contributed by atoms with Crippen molar-refractivity contribution in [2.24, 2.45) is 0 Å². The Kier molecular flexibility index (Phi) is 5.58. The van der Waals surface area contributed by atoms with Crippen molar-refractivity contribution in [3.63, 3.8) is 0 Å². The SMILES string of the molecule is O=C(Nc1ccc(-c2cc(-c3nccs3)ccc2Cl)cn1)c1c(F)cccc1Cl. The Bertz CT molecular complexity index is 1160. The van der Waals surface area contributed by atoms with Gasteiger partial charge in [0.15, 0.2) is 0 Å². The van der Waals surface area contributed by atoms with Gasteiger partial charge in [-0.3, -0.25) is 4.79 Å². The number of hydrogen-bond donors (Lipinski definition) is 1. The van der Waals surface area contributed by atoms with Gasteiger partial charge in [-0.15, -0.1) is 11.3 Å². The molecule has 0 bridgehead atoms. The normalized spacial score (nSPS) is 10.7. The number of anilines is 1. The molecule has 1 amide bonds. The van der Waals surface area contributed by atoms with Gasteiger partial charge in [-0.2, -0.15) is 0 Å². The second-order valence-electron chi connectivity index (χ2n) is 6.01. The Morgan fingerprint density at radius 3 is 2.52 bits per heavy atom. The highest BCUT2D eigenvalue weighted by Crippen LogP contribution is 2.33. The summed E-state index contributed by atoms with van der Waals surface area (Å²) >= 11 is 13.8. The molecule has 0 saturated heterocycles. The van der Waals surface area contributed by atoms with Crippen LogP contribution in [0.25, 0.3) is 21.7 Å². The molecule has 144 valence electrons. The molecule has 0 unspecified atom stereocenters. The zero-order valence-corrected chi connectivity index (χ0v) is 17.0. The van der Waals surface area contributed by atoms with Crippen LogP contribution in [0.3, 0.4) is 0 Å². The standard InChI is InChI=1S/C21H12Cl2FN3OS/c22-15-6-4-12(21-25-8-9-29-21)10-14(15)13-5-7-18(26-11-13)27-20(28)19-16(23)2-1-3-17(19)24/h1-11H,(H,26,27,28). The van der Waals surface area contributed by atoms with Crippen molar-refractivity contribution < 1.29 is 9.18 Å². The van der Waals surface area contributed by atoms with E-state index < -0.39 is 11.7 Å². The topological polar surface area (TPSA) is 54.9 Å². The lowest BCUT2D eigenvalue weighted by molar-refractivity contribution is 0.102. The lowest BCUT2D eigenvalue weighted by Gasteiger charge is -2.09. The number of nitrogens with zero attached hydrogens (tertiary/aromatic N) is 2. The molecule has 0 aliphatic rings. The summed E-state index contributed by atoms with van der Waals surface area (Å²) < 4.78 is 13.9. The van der Waals surface area contributed by atoms with Crippen LogP contribution in [0.5, 0.6) is 0 Å². The first-order chi connectivity index (χ1) is 14.0. The van der Waals surface area contributed by atoms with Gasteiger partial charge >= 0.3 is 0 Å². The third-order valence-electron chi connectivity index (χ3n) is 4.15. The van der Waals surface area contributed by atoms with Crippen LogP contribution in [0.4, 0.5) is 10.2 Å². The van der Waals surface area contributed by atoms with E-state index in [1.54, 1.807) is 24.5 Å². The minimum Gasteiger partial charge on any atom is -0.306 e. The molecule has 2 heterocycles. The van der Waals surface area contributed by atoms with E-state index in [-0.39, 0.29) is 16.4 Å².